The van der Waals surface area contributed by atoms with Crippen molar-refractivity contribution in [3.05, 3.63) is 76.1 Å². The summed E-state index contributed by atoms with van der Waals surface area (Å²) < 4.78 is 0. The van der Waals surface area contributed by atoms with Gasteiger partial charge >= 0.3 is 6.03 Å². The lowest BCUT2D eigenvalue weighted by atomic mass is 10.1. The number of benzene rings is 2. The second-order valence-corrected chi connectivity index (χ2v) is 7.93. The Morgan fingerprint density at radius 1 is 1.10 bits per heavy atom. The molecule has 3 aromatic rings. The predicted octanol–water partition coefficient (Wildman–Crippen LogP) is 3.97. The van der Waals surface area contributed by atoms with Crippen molar-refractivity contribution in [3.63, 3.8) is 0 Å². The number of para-hydroxylation sites is 2. The number of likely N-dealkylation sites (tertiary alicyclic amines) is 1. The van der Waals surface area contributed by atoms with Crippen molar-refractivity contribution in [3.8, 4) is 0 Å². The molecule has 0 radical (unpaired) electrons. The number of hydrogen-bond donors (Lipinski definition) is 2. The number of carbonyl (C=O) groups is 1. The number of urea groups is 1. The molecule has 1 aliphatic rings. The molecule has 0 bridgehead atoms. The predicted molar refractivity (Wildman–Crippen MR) is 121 cm³/mol. The Balaban J connectivity index is 1.56. The molecule has 1 aromatic heterocycles. The van der Waals surface area contributed by atoms with Crippen LogP contribution in [0.15, 0.2) is 59.4 Å². The Morgan fingerprint density at radius 3 is 2.63 bits per heavy atom. The molecule has 0 atom stereocenters. The lowest BCUT2D eigenvalue weighted by Gasteiger charge is -2.26. The van der Waals surface area contributed by atoms with E-state index >= 15 is 0 Å². The van der Waals surface area contributed by atoms with Crippen LogP contribution in [0.5, 0.6) is 0 Å². The number of aromatic nitrogens is 1. The fourth-order valence-corrected chi connectivity index (χ4v) is 4.00. The highest BCUT2D eigenvalue weighted by atomic mass is 16.2. The monoisotopic (exact) mass is 404 g/mol. The lowest BCUT2D eigenvalue weighted by Crippen LogP contribution is -2.41. The van der Waals surface area contributed by atoms with Gasteiger partial charge in [0.05, 0.1) is 12.1 Å². The minimum Gasteiger partial charge on any atom is -0.321 e. The van der Waals surface area contributed by atoms with E-state index in [0.29, 0.717) is 12.1 Å². The van der Waals surface area contributed by atoms with E-state index in [9.17, 15) is 9.59 Å². The number of aryl methyl sites for hydroxylation is 1. The van der Waals surface area contributed by atoms with Gasteiger partial charge < -0.3 is 20.1 Å². The van der Waals surface area contributed by atoms with Crippen LogP contribution in [-0.4, -0.2) is 47.0 Å². The number of nitrogens with zero attached hydrogens (tertiary/aromatic N) is 2. The fourth-order valence-electron chi connectivity index (χ4n) is 4.00. The van der Waals surface area contributed by atoms with Gasteiger partial charge in [-0.2, -0.15) is 0 Å². The average Bonchev–Trinajstić information content (AvgIpc) is 3.26. The second kappa shape index (κ2) is 9.13. The van der Waals surface area contributed by atoms with Crippen molar-refractivity contribution in [1.82, 2.24) is 14.8 Å². The molecule has 2 aromatic carbocycles. The van der Waals surface area contributed by atoms with Crippen molar-refractivity contribution >= 4 is 22.6 Å². The summed E-state index contributed by atoms with van der Waals surface area (Å²) in [6, 6.07) is 17.1. The molecule has 1 aliphatic heterocycles. The summed E-state index contributed by atoms with van der Waals surface area (Å²) in [6.45, 7) is 5.78. The van der Waals surface area contributed by atoms with Crippen LogP contribution in [0.25, 0.3) is 10.9 Å². The maximum absolute atomic E-state index is 13.0. The number of aromatic amines is 1. The summed E-state index contributed by atoms with van der Waals surface area (Å²) >= 11 is 0. The summed E-state index contributed by atoms with van der Waals surface area (Å²) in [5.74, 6) is 0. The normalized spacial score (nSPS) is 14.2. The quantitative estimate of drug-likeness (QED) is 0.653. The van der Waals surface area contributed by atoms with Crippen molar-refractivity contribution in [1.29, 1.82) is 0 Å². The summed E-state index contributed by atoms with van der Waals surface area (Å²) in [5, 5.41) is 3.94. The summed E-state index contributed by atoms with van der Waals surface area (Å²) in [6.07, 6.45) is 2.42. The minimum absolute atomic E-state index is 0.143. The van der Waals surface area contributed by atoms with E-state index in [4.69, 9.17) is 0 Å². The van der Waals surface area contributed by atoms with Crippen LogP contribution in [-0.2, 0) is 6.54 Å². The molecule has 1 fully saturated rings. The zero-order chi connectivity index (χ0) is 20.9. The third kappa shape index (κ3) is 4.71. The van der Waals surface area contributed by atoms with Crippen LogP contribution in [0.1, 0.15) is 24.0 Å². The van der Waals surface area contributed by atoms with Crippen LogP contribution in [0.4, 0.5) is 10.5 Å². The molecule has 4 rings (SSSR count). The molecule has 156 valence electrons. The summed E-state index contributed by atoms with van der Waals surface area (Å²) in [5.41, 5.74) is 3.08. The van der Waals surface area contributed by atoms with E-state index in [1.807, 2.05) is 61.5 Å². The van der Waals surface area contributed by atoms with E-state index in [2.05, 4.69) is 15.2 Å². The number of nitrogens with one attached hydrogen (secondary N) is 2. The van der Waals surface area contributed by atoms with E-state index in [1.165, 1.54) is 12.8 Å². The van der Waals surface area contributed by atoms with Crippen LogP contribution in [0.3, 0.4) is 0 Å². The first-order chi connectivity index (χ1) is 14.6. The van der Waals surface area contributed by atoms with Crippen molar-refractivity contribution in [2.45, 2.75) is 26.3 Å². The van der Waals surface area contributed by atoms with Crippen LogP contribution >= 0.6 is 0 Å². The van der Waals surface area contributed by atoms with Gasteiger partial charge in [0.25, 0.3) is 5.56 Å². The molecule has 2 amide bonds. The smallest absolute Gasteiger partial charge is 0.321 e. The van der Waals surface area contributed by atoms with Gasteiger partial charge in [0, 0.05) is 24.3 Å². The van der Waals surface area contributed by atoms with Gasteiger partial charge in [-0.05, 0) is 62.0 Å². The highest BCUT2D eigenvalue weighted by Crippen LogP contribution is 2.17. The molecular formula is C24H28N4O2. The van der Waals surface area contributed by atoms with Gasteiger partial charge in [-0.3, -0.25) is 4.79 Å². The van der Waals surface area contributed by atoms with Gasteiger partial charge in [0.15, 0.2) is 0 Å². The van der Waals surface area contributed by atoms with Crippen molar-refractivity contribution in [2.75, 3.05) is 31.5 Å². The lowest BCUT2D eigenvalue weighted by molar-refractivity contribution is 0.197. The molecule has 6 nitrogen and oxygen atoms in total. The minimum atomic E-state index is -0.191. The highest BCUT2D eigenvalue weighted by Gasteiger charge is 2.19. The summed E-state index contributed by atoms with van der Waals surface area (Å²) in [4.78, 5) is 32.9. The van der Waals surface area contributed by atoms with E-state index in [-0.39, 0.29) is 18.1 Å². The van der Waals surface area contributed by atoms with E-state index in [1.54, 1.807) is 4.90 Å². The Bertz CT molecular complexity index is 1070. The first-order valence-corrected chi connectivity index (χ1v) is 10.5. The van der Waals surface area contributed by atoms with Crippen LogP contribution in [0, 0.1) is 6.92 Å². The maximum Gasteiger partial charge on any atom is 0.322 e. The van der Waals surface area contributed by atoms with Crippen molar-refractivity contribution in [2.24, 2.45) is 0 Å². The SMILES string of the molecule is Cc1cccc2cc(CN(CCN3CCCC3)C(=O)Nc3ccccc3)c(=O)[nH]c12. The molecule has 0 spiro atoms. The van der Waals surface area contributed by atoms with E-state index in [0.717, 1.165) is 41.8 Å². The molecular weight excluding hydrogens is 376 g/mol. The Morgan fingerprint density at radius 2 is 1.87 bits per heavy atom. The molecule has 1 saturated heterocycles. The Labute approximate surface area is 176 Å². The Kier molecular flexibility index (Phi) is 6.14. The number of rotatable bonds is 6. The fraction of sp³-hybridized carbons (Fsp3) is 0.333. The second-order valence-electron chi connectivity index (χ2n) is 7.93. The molecule has 6 heteroatoms. The third-order valence-electron chi connectivity index (χ3n) is 5.72. The van der Waals surface area contributed by atoms with Gasteiger partial charge in [-0.25, -0.2) is 4.79 Å². The van der Waals surface area contributed by atoms with Gasteiger partial charge in [-0.1, -0.05) is 36.4 Å². The van der Waals surface area contributed by atoms with Gasteiger partial charge in [0.1, 0.15) is 0 Å². The number of fused-ring (bicyclic) bond motifs is 1. The maximum atomic E-state index is 13.0. The number of anilines is 1. The number of amides is 2. The zero-order valence-electron chi connectivity index (χ0n) is 17.4. The van der Waals surface area contributed by atoms with Crippen LogP contribution < -0.4 is 10.9 Å². The largest absolute Gasteiger partial charge is 0.322 e. The molecule has 0 aliphatic carbocycles. The highest BCUT2D eigenvalue weighted by molar-refractivity contribution is 5.89. The zero-order valence-corrected chi connectivity index (χ0v) is 17.4. The Hall–Kier alpha value is -3.12. The number of hydrogen-bond acceptors (Lipinski definition) is 3. The number of pyridine rings is 1. The topological polar surface area (TPSA) is 68.4 Å². The third-order valence-corrected chi connectivity index (χ3v) is 5.72. The summed E-state index contributed by atoms with van der Waals surface area (Å²) in [7, 11) is 0. The average molecular weight is 405 g/mol. The van der Waals surface area contributed by atoms with Crippen LogP contribution in [0.2, 0.25) is 0 Å². The standard InChI is InChI=1S/C24H28N4O2/c1-18-8-7-9-19-16-20(23(29)26-22(18)19)17-28(15-14-27-12-5-6-13-27)24(30)25-21-10-3-2-4-11-21/h2-4,7-11,16H,5-6,12-15,17H2,1H3,(H,25,30)(H,26,29). The number of carbonyl (C=O) groups excluding carboxylic acids is 1. The first kappa shape index (κ1) is 20.2. The number of H-pyrrole nitrogens is 1. The molecule has 2 heterocycles. The van der Waals surface area contributed by atoms with Crippen molar-refractivity contribution < 1.29 is 4.79 Å². The molecule has 0 saturated carbocycles. The molecule has 2 N–H and O–H groups in total. The van der Waals surface area contributed by atoms with Gasteiger partial charge in [0.2, 0.25) is 0 Å². The molecule has 30 heavy (non-hydrogen) atoms. The van der Waals surface area contributed by atoms with Gasteiger partial charge in [-0.15, -0.1) is 0 Å². The first-order valence-electron chi connectivity index (χ1n) is 10.5. The van der Waals surface area contributed by atoms with E-state index < -0.39 is 0 Å². The molecule has 0 unspecified atom stereocenters.